The number of anilines is 1. The number of nitrogens with one attached hydrogen (secondary N) is 3. The molecule has 0 radical (unpaired) electrons. The first kappa shape index (κ1) is 23.4. The number of nitrogens with zero attached hydrogens (tertiary/aromatic N) is 5. The van der Waals surface area contributed by atoms with Crippen molar-refractivity contribution in [2.24, 2.45) is 0 Å². The number of carbonyl (C=O) groups is 1. The number of amides is 1. The van der Waals surface area contributed by atoms with Gasteiger partial charge >= 0.3 is 0 Å². The first-order chi connectivity index (χ1) is 19.7. The molecule has 0 bridgehead atoms. The summed E-state index contributed by atoms with van der Waals surface area (Å²) in [6.45, 7) is 0. The Kier molecular flexibility index (Phi) is 5.78. The Morgan fingerprint density at radius 2 is 1.70 bits per heavy atom. The first-order valence-electron chi connectivity index (χ1n) is 12.8. The van der Waals surface area contributed by atoms with E-state index < -0.39 is 0 Å². The van der Waals surface area contributed by atoms with Crippen molar-refractivity contribution in [2.75, 3.05) is 5.32 Å². The molecule has 0 aliphatic rings. The summed E-state index contributed by atoms with van der Waals surface area (Å²) in [4.78, 5) is 34.6. The van der Waals surface area contributed by atoms with Crippen LogP contribution in [0.4, 0.5) is 5.69 Å². The highest BCUT2D eigenvalue weighted by Crippen LogP contribution is 2.31. The van der Waals surface area contributed by atoms with Crippen LogP contribution in [0.5, 0.6) is 0 Å². The van der Waals surface area contributed by atoms with Crippen molar-refractivity contribution >= 4 is 33.7 Å². The summed E-state index contributed by atoms with van der Waals surface area (Å²) in [6, 6.07) is 27.1. The zero-order valence-corrected chi connectivity index (χ0v) is 21.2. The number of fused-ring (bicyclic) bond motifs is 2. The number of aromatic nitrogens is 7. The summed E-state index contributed by atoms with van der Waals surface area (Å²) >= 11 is 0. The fourth-order valence-electron chi connectivity index (χ4n) is 4.73. The third-order valence-electron chi connectivity index (χ3n) is 6.61. The van der Waals surface area contributed by atoms with Crippen LogP contribution in [0.25, 0.3) is 56.1 Å². The molecule has 0 fully saturated rings. The minimum Gasteiger partial charge on any atom is -0.336 e. The maximum absolute atomic E-state index is 12.6. The minimum atomic E-state index is -0.111. The lowest BCUT2D eigenvalue weighted by Gasteiger charge is -2.07. The number of hydrogen-bond donors (Lipinski definition) is 3. The van der Waals surface area contributed by atoms with Crippen molar-refractivity contribution in [3.63, 3.8) is 0 Å². The summed E-state index contributed by atoms with van der Waals surface area (Å²) < 4.78 is 0. The Morgan fingerprint density at radius 3 is 2.58 bits per heavy atom. The lowest BCUT2D eigenvalue weighted by molar-refractivity contribution is -0.115. The molecular formula is C31H22N8O. The third kappa shape index (κ3) is 4.45. The van der Waals surface area contributed by atoms with Crippen LogP contribution < -0.4 is 5.32 Å². The maximum Gasteiger partial charge on any atom is 0.228 e. The summed E-state index contributed by atoms with van der Waals surface area (Å²) in [6.07, 6.45) is 5.41. The van der Waals surface area contributed by atoms with Gasteiger partial charge < -0.3 is 10.3 Å². The highest BCUT2D eigenvalue weighted by Gasteiger charge is 2.17. The summed E-state index contributed by atoms with van der Waals surface area (Å²) in [7, 11) is 0. The zero-order valence-electron chi connectivity index (χ0n) is 21.2. The van der Waals surface area contributed by atoms with E-state index in [9.17, 15) is 4.79 Å². The van der Waals surface area contributed by atoms with Crippen LogP contribution in [0.1, 0.15) is 5.56 Å². The van der Waals surface area contributed by atoms with Crippen molar-refractivity contribution in [1.82, 2.24) is 35.1 Å². The molecular weight excluding hydrogens is 500 g/mol. The predicted molar refractivity (Wildman–Crippen MR) is 154 cm³/mol. The average molecular weight is 523 g/mol. The Labute approximate surface area is 228 Å². The number of pyridine rings is 3. The molecule has 0 aliphatic heterocycles. The minimum absolute atomic E-state index is 0.111. The number of rotatable bonds is 6. The summed E-state index contributed by atoms with van der Waals surface area (Å²) in [5.74, 6) is 0.495. The van der Waals surface area contributed by atoms with Crippen LogP contribution >= 0.6 is 0 Å². The van der Waals surface area contributed by atoms with Crippen molar-refractivity contribution in [3.05, 3.63) is 109 Å². The molecule has 1 amide bonds. The van der Waals surface area contributed by atoms with Gasteiger partial charge in [-0.15, -0.1) is 0 Å². The summed E-state index contributed by atoms with van der Waals surface area (Å²) in [5, 5.41) is 10.5. The van der Waals surface area contributed by atoms with Crippen LogP contribution in [0, 0.1) is 0 Å². The van der Waals surface area contributed by atoms with Gasteiger partial charge in [0.25, 0.3) is 0 Å². The van der Waals surface area contributed by atoms with Crippen LogP contribution in [0.3, 0.4) is 0 Å². The smallest absolute Gasteiger partial charge is 0.228 e. The average Bonchev–Trinajstić information content (AvgIpc) is 3.62. The van der Waals surface area contributed by atoms with E-state index >= 15 is 0 Å². The molecule has 3 N–H and O–H groups in total. The molecule has 192 valence electrons. The van der Waals surface area contributed by atoms with E-state index in [1.807, 2.05) is 84.9 Å². The Morgan fingerprint density at radius 1 is 0.800 bits per heavy atom. The fourth-order valence-corrected chi connectivity index (χ4v) is 4.73. The highest BCUT2D eigenvalue weighted by molar-refractivity contribution is 5.96. The topological polar surface area (TPSA) is 125 Å². The molecule has 0 saturated heterocycles. The molecule has 5 aromatic heterocycles. The van der Waals surface area contributed by atoms with Crippen molar-refractivity contribution < 1.29 is 4.79 Å². The normalized spacial score (nSPS) is 11.2. The second-order valence-electron chi connectivity index (χ2n) is 9.34. The number of H-pyrrole nitrogens is 2. The van der Waals surface area contributed by atoms with E-state index in [-0.39, 0.29) is 12.3 Å². The van der Waals surface area contributed by atoms with Crippen molar-refractivity contribution in [2.45, 2.75) is 6.42 Å². The largest absolute Gasteiger partial charge is 0.336 e. The lowest BCUT2D eigenvalue weighted by Crippen LogP contribution is -2.14. The molecule has 9 nitrogen and oxygen atoms in total. The molecule has 0 saturated carbocycles. The van der Waals surface area contributed by atoms with Crippen LogP contribution in [-0.4, -0.2) is 41.0 Å². The monoisotopic (exact) mass is 522 g/mol. The number of hydrogen-bond acceptors (Lipinski definition) is 6. The number of imidazole rings is 1. The van der Waals surface area contributed by atoms with E-state index in [4.69, 9.17) is 9.97 Å². The number of benzene rings is 2. The molecule has 5 heterocycles. The van der Waals surface area contributed by atoms with Gasteiger partial charge in [-0.3, -0.25) is 19.9 Å². The number of carbonyl (C=O) groups excluding carboxylic acids is 1. The number of para-hydroxylation sites is 1. The molecule has 7 rings (SSSR count). The fraction of sp³-hybridized carbons (Fsp3) is 0.0323. The SMILES string of the molecule is O=C(Cc1ccccc1)Nc1cncc(-c2ccc3[nH]nc(-c4nc5c(-c6ccccn6)cccc5[nH]4)c3n2)c1. The Hall–Kier alpha value is -5.70. The lowest BCUT2D eigenvalue weighted by atomic mass is 10.1. The van der Waals surface area contributed by atoms with Gasteiger partial charge in [0, 0.05) is 23.5 Å². The molecule has 0 spiro atoms. The molecule has 9 heteroatoms. The molecule has 0 aliphatic carbocycles. The van der Waals surface area contributed by atoms with Crippen molar-refractivity contribution in [3.8, 4) is 34.0 Å². The quantitative estimate of drug-likeness (QED) is 0.253. The van der Waals surface area contributed by atoms with E-state index in [1.165, 1.54) is 0 Å². The van der Waals surface area contributed by atoms with Crippen LogP contribution in [-0.2, 0) is 11.2 Å². The molecule has 2 aromatic carbocycles. The predicted octanol–water partition coefficient (Wildman–Crippen LogP) is 5.81. The van der Waals surface area contributed by atoms with Gasteiger partial charge in [0.1, 0.15) is 5.52 Å². The van der Waals surface area contributed by atoms with Crippen LogP contribution in [0.15, 0.2) is 104 Å². The van der Waals surface area contributed by atoms with Gasteiger partial charge in [-0.05, 0) is 42.0 Å². The standard InChI is InChI=1S/C31H22N8O/c40-27(15-19-7-2-1-3-8-19)34-21-16-20(17-32-18-21)23-12-13-26-29(35-23)30(39-38-26)31-36-25-11-6-9-22(28(25)37-31)24-10-4-5-14-33-24/h1-14,16-18H,15H2,(H,34,40)(H,36,37)(H,38,39). The Balaban J connectivity index is 1.21. The van der Waals surface area contributed by atoms with E-state index in [1.54, 1.807) is 18.6 Å². The second kappa shape index (κ2) is 9.88. The van der Waals surface area contributed by atoms with Gasteiger partial charge in [0.15, 0.2) is 11.5 Å². The van der Waals surface area contributed by atoms with Crippen LogP contribution in [0.2, 0.25) is 0 Å². The Bertz CT molecular complexity index is 1980. The van der Waals surface area contributed by atoms with Gasteiger partial charge in [-0.2, -0.15) is 5.10 Å². The molecule has 0 unspecified atom stereocenters. The van der Waals surface area contributed by atoms with Gasteiger partial charge in [0.05, 0.1) is 46.2 Å². The number of aromatic amines is 2. The molecule has 40 heavy (non-hydrogen) atoms. The van der Waals surface area contributed by atoms with Gasteiger partial charge in [0.2, 0.25) is 5.91 Å². The van der Waals surface area contributed by atoms with E-state index in [0.29, 0.717) is 28.4 Å². The summed E-state index contributed by atoms with van der Waals surface area (Å²) in [5.41, 5.74) is 8.57. The second-order valence-corrected chi connectivity index (χ2v) is 9.34. The van der Waals surface area contributed by atoms with Gasteiger partial charge in [-0.25, -0.2) is 9.97 Å². The molecule has 7 aromatic rings. The van der Waals surface area contributed by atoms with Gasteiger partial charge in [-0.1, -0.05) is 48.5 Å². The zero-order chi connectivity index (χ0) is 26.9. The first-order valence-corrected chi connectivity index (χ1v) is 12.8. The highest BCUT2D eigenvalue weighted by atomic mass is 16.1. The van der Waals surface area contributed by atoms with Crippen molar-refractivity contribution in [1.29, 1.82) is 0 Å². The molecule has 0 atom stereocenters. The van der Waals surface area contributed by atoms with E-state index in [0.717, 1.165) is 38.9 Å². The van der Waals surface area contributed by atoms with E-state index in [2.05, 4.69) is 30.5 Å². The maximum atomic E-state index is 12.6. The third-order valence-corrected chi connectivity index (χ3v) is 6.61.